The van der Waals surface area contributed by atoms with Gasteiger partial charge in [0.05, 0.1) is 0 Å². The fraction of sp³-hybridized carbons (Fsp3) is 0.394. The maximum absolute atomic E-state index is 13.3. The monoisotopic (exact) mass is 625 g/mol. The van der Waals surface area contributed by atoms with Crippen LogP contribution in [0.5, 0.6) is 0 Å². The number of nitrogens with one attached hydrogen (secondary N) is 1. The molecule has 212 valence electrons. The Morgan fingerprint density at radius 1 is 0.900 bits per heavy atom. The van der Waals surface area contributed by atoms with Gasteiger partial charge in [0, 0.05) is 0 Å². The van der Waals surface area contributed by atoms with E-state index in [2.05, 4.69) is 29.6 Å². The summed E-state index contributed by atoms with van der Waals surface area (Å²) in [5.41, 5.74) is 3.66. The van der Waals surface area contributed by atoms with Gasteiger partial charge in [-0.1, -0.05) is 0 Å². The molecule has 1 amide bonds. The molecule has 0 bridgehead atoms. The van der Waals surface area contributed by atoms with Crippen molar-refractivity contribution in [3.05, 3.63) is 90.0 Å². The topological polar surface area (TPSA) is 75.6 Å². The summed E-state index contributed by atoms with van der Waals surface area (Å²) in [6.07, 6.45) is -1.48. The number of aliphatic hydroxyl groups excluding tert-OH is 1. The molecule has 40 heavy (non-hydrogen) atoms. The predicted octanol–water partition coefficient (Wildman–Crippen LogP) is 6.18. The quantitative estimate of drug-likeness (QED) is 0.279. The number of aliphatic hydroxyl groups is 1. The fourth-order valence-electron chi connectivity index (χ4n) is 4.95. The van der Waals surface area contributed by atoms with Gasteiger partial charge in [-0.3, -0.25) is 0 Å². The molecule has 0 radical (unpaired) electrons. The van der Waals surface area contributed by atoms with Gasteiger partial charge in [-0.15, -0.1) is 0 Å². The van der Waals surface area contributed by atoms with E-state index in [0.29, 0.717) is 0 Å². The van der Waals surface area contributed by atoms with Crippen LogP contribution >= 0.6 is 11.8 Å². The molecule has 0 aliphatic heterocycles. The van der Waals surface area contributed by atoms with Crippen molar-refractivity contribution in [1.29, 1.82) is 0 Å². The molecule has 3 aromatic rings. The number of ether oxygens (including phenoxy) is 1. The first kappa shape index (κ1) is 30.4. The number of hydrogen-bond donors (Lipinski definition) is 2. The second-order valence-electron chi connectivity index (χ2n) is 11.8. The molecular weight excluding hydrogens is 585 g/mol. The molecule has 5 nitrogen and oxygen atoms in total. The van der Waals surface area contributed by atoms with Crippen LogP contribution in [-0.2, 0) is 9.53 Å². The second-order valence-corrected chi connectivity index (χ2v) is 16.2. The third-order valence-corrected chi connectivity index (χ3v) is 11.6. The van der Waals surface area contributed by atoms with Crippen molar-refractivity contribution in [3.8, 4) is 11.1 Å². The molecule has 0 spiro atoms. The van der Waals surface area contributed by atoms with E-state index in [9.17, 15) is 14.7 Å². The number of carbonyl (C=O) groups excluding carboxylic acids is 2. The second kappa shape index (κ2) is 12.5. The molecule has 3 aromatic carbocycles. The van der Waals surface area contributed by atoms with Crippen molar-refractivity contribution in [3.63, 3.8) is 0 Å². The minimum atomic E-state index is -1.00. The van der Waals surface area contributed by atoms with Gasteiger partial charge < -0.3 is 0 Å². The van der Waals surface area contributed by atoms with Crippen LogP contribution in [0.1, 0.15) is 58.6 Å². The molecule has 0 saturated carbocycles. The Morgan fingerprint density at radius 2 is 1.43 bits per heavy atom. The van der Waals surface area contributed by atoms with Crippen molar-refractivity contribution in [2.75, 3.05) is 6.61 Å². The number of alkyl carbamates (subject to hydrolysis) is 1. The number of carbonyl (C=O) groups is 2. The number of rotatable bonds is 9. The van der Waals surface area contributed by atoms with E-state index in [1.165, 1.54) is 22.9 Å². The summed E-state index contributed by atoms with van der Waals surface area (Å²) in [4.78, 5) is 26.0. The van der Waals surface area contributed by atoms with Crippen LogP contribution in [-0.4, -0.2) is 54.8 Å². The van der Waals surface area contributed by atoms with Gasteiger partial charge in [0.25, 0.3) is 0 Å². The number of amides is 1. The van der Waals surface area contributed by atoms with Gasteiger partial charge in [-0.25, -0.2) is 0 Å². The molecule has 4 rings (SSSR count). The molecule has 0 saturated heterocycles. The van der Waals surface area contributed by atoms with Crippen molar-refractivity contribution in [2.45, 2.75) is 69.2 Å². The normalized spacial score (nSPS) is 15.5. The van der Waals surface area contributed by atoms with Gasteiger partial charge >= 0.3 is 249 Å². The number of fused-ring (bicyclic) bond motifs is 3. The zero-order chi connectivity index (χ0) is 29.1. The SMILES string of the molecule is C[C@H](NC(=O)OCC1c2ccccc2-c2ccccc21)[C@H]([Se]c1ccccc1)[C@H](O)C(C)(C)C(=O)SC(C)(C)C. The minimum absolute atomic E-state index is 0.0330. The summed E-state index contributed by atoms with van der Waals surface area (Å²) < 4.78 is 6.62. The van der Waals surface area contributed by atoms with Crippen LogP contribution < -0.4 is 9.78 Å². The van der Waals surface area contributed by atoms with E-state index in [1.54, 1.807) is 13.8 Å². The van der Waals surface area contributed by atoms with Crippen molar-refractivity contribution in [2.24, 2.45) is 5.41 Å². The predicted molar refractivity (Wildman–Crippen MR) is 165 cm³/mol. The average molecular weight is 625 g/mol. The Balaban J connectivity index is 1.48. The first-order valence-electron chi connectivity index (χ1n) is 13.6. The zero-order valence-corrected chi connectivity index (χ0v) is 26.5. The van der Waals surface area contributed by atoms with Crippen LogP contribution in [0.4, 0.5) is 4.79 Å². The van der Waals surface area contributed by atoms with Crippen LogP contribution in [0.3, 0.4) is 0 Å². The summed E-state index contributed by atoms with van der Waals surface area (Å²) in [6, 6.07) is 26.0. The maximum atomic E-state index is 13.3. The summed E-state index contributed by atoms with van der Waals surface area (Å²) in [5.74, 6) is -0.0330. The van der Waals surface area contributed by atoms with Gasteiger partial charge in [-0.05, 0) is 0 Å². The molecule has 3 atom stereocenters. The Kier molecular flexibility index (Phi) is 9.51. The summed E-state index contributed by atoms with van der Waals surface area (Å²) >= 11 is 1.04. The summed E-state index contributed by atoms with van der Waals surface area (Å²) in [5, 5.41) is 14.6. The Bertz CT molecular complexity index is 1290. The van der Waals surface area contributed by atoms with Crippen LogP contribution in [0.15, 0.2) is 78.9 Å². The Labute approximate surface area is 248 Å². The van der Waals surface area contributed by atoms with Crippen molar-refractivity contribution < 1.29 is 19.4 Å². The number of thioether (sulfide) groups is 1. The van der Waals surface area contributed by atoms with Crippen LogP contribution in [0.2, 0.25) is 4.82 Å². The summed E-state index contributed by atoms with van der Waals surface area (Å²) in [6.45, 7) is 11.7. The molecule has 7 heteroatoms. The third-order valence-electron chi connectivity index (χ3n) is 7.17. The Morgan fingerprint density at radius 3 is 1.98 bits per heavy atom. The molecule has 1 aliphatic rings. The summed E-state index contributed by atoms with van der Waals surface area (Å²) in [7, 11) is 0. The molecule has 0 heterocycles. The van der Waals surface area contributed by atoms with Gasteiger partial charge in [-0.2, -0.15) is 0 Å². The van der Waals surface area contributed by atoms with E-state index >= 15 is 0 Å². The van der Waals surface area contributed by atoms with E-state index < -0.39 is 23.7 Å². The number of benzene rings is 3. The molecule has 0 fully saturated rings. The Hall–Kier alpha value is -2.57. The molecular formula is C33H39NO4SSe. The van der Waals surface area contributed by atoms with Crippen molar-refractivity contribution >= 4 is 42.4 Å². The molecule has 0 aromatic heterocycles. The zero-order valence-electron chi connectivity index (χ0n) is 24.0. The van der Waals surface area contributed by atoms with Gasteiger partial charge in [0.15, 0.2) is 0 Å². The fourth-order valence-corrected chi connectivity index (χ4v) is 8.76. The van der Waals surface area contributed by atoms with E-state index in [1.807, 2.05) is 82.3 Å². The van der Waals surface area contributed by atoms with Crippen LogP contribution in [0.25, 0.3) is 11.1 Å². The van der Waals surface area contributed by atoms with Crippen molar-refractivity contribution in [1.82, 2.24) is 5.32 Å². The van der Waals surface area contributed by atoms with E-state index in [0.717, 1.165) is 15.6 Å². The molecule has 1 aliphatic carbocycles. The average Bonchev–Trinajstić information content (AvgIpc) is 3.23. The van der Waals surface area contributed by atoms with Gasteiger partial charge in [0.2, 0.25) is 0 Å². The van der Waals surface area contributed by atoms with E-state index in [4.69, 9.17) is 4.74 Å². The van der Waals surface area contributed by atoms with E-state index in [-0.39, 0.29) is 42.2 Å². The van der Waals surface area contributed by atoms with Gasteiger partial charge in [0.1, 0.15) is 0 Å². The standard InChI is InChI=1S/C33H39NO4SSe/c1-21(28(40-22-14-8-7-9-15-22)29(35)33(5,6)30(36)39-32(2,3)4)34-31(37)38-20-27-25-18-12-10-16-23(25)24-17-11-13-19-26(24)27/h7-19,21,27-29,35H,20H2,1-6H3,(H,34,37)/t21-,28-,29-/m0/s1. The molecule has 2 N–H and O–H groups in total. The first-order chi connectivity index (χ1) is 18.9. The molecule has 0 unspecified atom stereocenters. The number of hydrogen-bond acceptors (Lipinski definition) is 5. The first-order valence-corrected chi connectivity index (χ1v) is 16.3. The third kappa shape index (κ3) is 7.01. The van der Waals surface area contributed by atoms with Crippen LogP contribution in [0, 0.1) is 5.41 Å².